The first kappa shape index (κ1) is 21.1. The second kappa shape index (κ2) is 9.29. The van der Waals surface area contributed by atoms with Gasteiger partial charge in [0.05, 0.1) is 10.7 Å². The third kappa shape index (κ3) is 4.89. The lowest BCUT2D eigenvalue weighted by atomic mass is 9.86. The summed E-state index contributed by atoms with van der Waals surface area (Å²) >= 11 is 6.25. The van der Waals surface area contributed by atoms with Crippen LogP contribution in [0, 0.1) is 6.92 Å². The number of carbonyl (C=O) groups is 2. The Morgan fingerprint density at radius 3 is 2.41 bits per heavy atom. The van der Waals surface area contributed by atoms with Crippen molar-refractivity contribution in [2.75, 3.05) is 25.5 Å². The molecular weight excluding hydrogens is 390 g/mol. The molecule has 154 valence electrons. The van der Waals surface area contributed by atoms with Gasteiger partial charge in [0, 0.05) is 13.1 Å². The number of hydrogen-bond donors (Lipinski definition) is 2. The van der Waals surface area contributed by atoms with Gasteiger partial charge in [-0.15, -0.1) is 0 Å². The van der Waals surface area contributed by atoms with E-state index < -0.39 is 5.54 Å². The highest BCUT2D eigenvalue weighted by atomic mass is 35.5. The fourth-order valence-corrected chi connectivity index (χ4v) is 3.76. The molecule has 7 heteroatoms. The number of para-hydroxylation sites is 1. The van der Waals surface area contributed by atoms with Crippen molar-refractivity contribution in [3.63, 3.8) is 0 Å². The van der Waals surface area contributed by atoms with Crippen LogP contribution in [0.15, 0.2) is 48.5 Å². The number of halogens is 1. The van der Waals surface area contributed by atoms with Gasteiger partial charge in [-0.05, 0) is 44.0 Å². The maximum absolute atomic E-state index is 13.0. The minimum Gasteiger partial charge on any atom is -0.445 e. The van der Waals surface area contributed by atoms with E-state index >= 15 is 0 Å². The van der Waals surface area contributed by atoms with Gasteiger partial charge >= 0.3 is 6.09 Å². The predicted octanol–water partition coefficient (Wildman–Crippen LogP) is 3.98. The Labute approximate surface area is 176 Å². The third-order valence-corrected chi connectivity index (χ3v) is 5.77. The van der Waals surface area contributed by atoms with Gasteiger partial charge in [-0.1, -0.05) is 54.1 Å². The van der Waals surface area contributed by atoms with Crippen molar-refractivity contribution < 1.29 is 14.3 Å². The largest absolute Gasteiger partial charge is 0.445 e. The lowest BCUT2D eigenvalue weighted by Gasteiger charge is -2.40. The normalized spacial score (nSPS) is 15.6. The van der Waals surface area contributed by atoms with E-state index in [4.69, 9.17) is 16.3 Å². The van der Waals surface area contributed by atoms with Crippen molar-refractivity contribution >= 4 is 29.3 Å². The maximum Gasteiger partial charge on any atom is 0.410 e. The van der Waals surface area contributed by atoms with Gasteiger partial charge < -0.3 is 20.3 Å². The van der Waals surface area contributed by atoms with Crippen LogP contribution in [-0.2, 0) is 16.1 Å². The van der Waals surface area contributed by atoms with E-state index in [1.54, 1.807) is 18.0 Å². The van der Waals surface area contributed by atoms with Crippen LogP contribution in [-0.4, -0.2) is 42.6 Å². The molecule has 1 fully saturated rings. The van der Waals surface area contributed by atoms with Gasteiger partial charge in [0.15, 0.2) is 0 Å². The van der Waals surface area contributed by atoms with Crippen LogP contribution in [0.5, 0.6) is 0 Å². The topological polar surface area (TPSA) is 70.7 Å². The van der Waals surface area contributed by atoms with Gasteiger partial charge in [0.1, 0.15) is 12.1 Å². The van der Waals surface area contributed by atoms with Crippen LogP contribution in [0.2, 0.25) is 5.02 Å². The molecule has 0 unspecified atom stereocenters. The van der Waals surface area contributed by atoms with Crippen LogP contribution in [0.1, 0.15) is 24.0 Å². The molecule has 3 rings (SSSR count). The van der Waals surface area contributed by atoms with Crippen molar-refractivity contribution in [1.29, 1.82) is 0 Å². The monoisotopic (exact) mass is 415 g/mol. The molecule has 1 saturated heterocycles. The maximum atomic E-state index is 13.0. The van der Waals surface area contributed by atoms with Crippen LogP contribution < -0.4 is 10.6 Å². The molecule has 2 aromatic rings. The number of piperidine rings is 1. The summed E-state index contributed by atoms with van der Waals surface area (Å²) in [6, 6.07) is 15.1. The number of aryl methyl sites for hydroxylation is 1. The SMILES string of the molecule is CNC1(C(=O)Nc2c(C)cccc2Cl)CCN(C(=O)OCc2ccccc2)CC1. The van der Waals surface area contributed by atoms with E-state index in [1.165, 1.54) is 0 Å². The number of likely N-dealkylation sites (N-methyl/N-ethyl adjacent to an activating group) is 1. The first-order valence-corrected chi connectivity index (χ1v) is 10.0. The molecule has 2 N–H and O–H groups in total. The number of anilines is 1. The predicted molar refractivity (Wildman–Crippen MR) is 114 cm³/mol. The lowest BCUT2D eigenvalue weighted by Crippen LogP contribution is -2.59. The number of amides is 2. The summed E-state index contributed by atoms with van der Waals surface area (Å²) in [5.41, 5.74) is 1.70. The number of nitrogens with zero attached hydrogens (tertiary/aromatic N) is 1. The van der Waals surface area contributed by atoms with E-state index in [2.05, 4.69) is 10.6 Å². The van der Waals surface area contributed by atoms with E-state index in [-0.39, 0.29) is 18.6 Å². The van der Waals surface area contributed by atoms with Gasteiger partial charge in [0.25, 0.3) is 0 Å². The molecular formula is C22H26ClN3O3. The third-order valence-electron chi connectivity index (χ3n) is 5.45. The van der Waals surface area contributed by atoms with Gasteiger partial charge in [-0.3, -0.25) is 4.79 Å². The van der Waals surface area contributed by atoms with Gasteiger partial charge in [-0.2, -0.15) is 0 Å². The van der Waals surface area contributed by atoms with Crippen LogP contribution in [0.25, 0.3) is 0 Å². The Morgan fingerprint density at radius 2 is 1.79 bits per heavy atom. The summed E-state index contributed by atoms with van der Waals surface area (Å²) in [6.45, 7) is 3.01. The zero-order valence-electron chi connectivity index (χ0n) is 16.7. The highest BCUT2D eigenvalue weighted by Gasteiger charge is 2.41. The number of likely N-dealkylation sites (tertiary alicyclic amines) is 1. The van der Waals surface area contributed by atoms with E-state index in [9.17, 15) is 9.59 Å². The lowest BCUT2D eigenvalue weighted by molar-refractivity contribution is -0.124. The highest BCUT2D eigenvalue weighted by molar-refractivity contribution is 6.34. The summed E-state index contributed by atoms with van der Waals surface area (Å²) in [5.74, 6) is -0.145. The Kier molecular flexibility index (Phi) is 6.77. The molecule has 1 aliphatic heterocycles. The molecule has 29 heavy (non-hydrogen) atoms. The zero-order chi connectivity index (χ0) is 20.9. The van der Waals surface area contributed by atoms with Crippen molar-refractivity contribution in [1.82, 2.24) is 10.2 Å². The Bertz CT molecular complexity index is 845. The molecule has 0 bridgehead atoms. The zero-order valence-corrected chi connectivity index (χ0v) is 17.5. The molecule has 0 atom stereocenters. The minimum absolute atomic E-state index is 0.145. The first-order chi connectivity index (χ1) is 13.9. The quantitative estimate of drug-likeness (QED) is 0.774. The number of rotatable bonds is 5. The number of benzene rings is 2. The molecule has 0 saturated carbocycles. The van der Waals surface area contributed by atoms with Crippen molar-refractivity contribution in [3.05, 3.63) is 64.7 Å². The van der Waals surface area contributed by atoms with Gasteiger partial charge in [0.2, 0.25) is 5.91 Å². The molecule has 0 aromatic heterocycles. The van der Waals surface area contributed by atoms with Crippen LogP contribution >= 0.6 is 11.6 Å². The second-order valence-corrected chi connectivity index (χ2v) is 7.65. The average Bonchev–Trinajstić information content (AvgIpc) is 2.75. The number of hydrogen-bond acceptors (Lipinski definition) is 4. The summed E-state index contributed by atoms with van der Waals surface area (Å²) in [7, 11) is 1.77. The Hall–Kier alpha value is -2.57. The molecule has 0 radical (unpaired) electrons. The second-order valence-electron chi connectivity index (χ2n) is 7.25. The molecule has 1 heterocycles. The highest BCUT2D eigenvalue weighted by Crippen LogP contribution is 2.29. The Balaban J connectivity index is 1.59. The Morgan fingerprint density at radius 1 is 1.10 bits per heavy atom. The molecule has 0 spiro atoms. The van der Waals surface area contributed by atoms with Crippen molar-refractivity contribution in [2.45, 2.75) is 31.9 Å². The molecule has 2 amide bonds. The summed E-state index contributed by atoms with van der Waals surface area (Å²) in [6.07, 6.45) is 0.611. The minimum atomic E-state index is -0.762. The smallest absolute Gasteiger partial charge is 0.410 e. The summed E-state index contributed by atoms with van der Waals surface area (Å²) in [5, 5.41) is 6.63. The fourth-order valence-electron chi connectivity index (χ4n) is 3.50. The van der Waals surface area contributed by atoms with Crippen molar-refractivity contribution in [2.24, 2.45) is 0 Å². The molecule has 2 aromatic carbocycles. The van der Waals surface area contributed by atoms with E-state index in [1.807, 2.05) is 49.4 Å². The number of ether oxygens (including phenoxy) is 1. The molecule has 6 nitrogen and oxygen atoms in total. The first-order valence-electron chi connectivity index (χ1n) is 9.66. The van der Waals surface area contributed by atoms with E-state index in [0.29, 0.717) is 36.6 Å². The number of carbonyl (C=O) groups excluding carboxylic acids is 2. The van der Waals surface area contributed by atoms with E-state index in [0.717, 1.165) is 11.1 Å². The molecule has 1 aliphatic rings. The fraction of sp³-hybridized carbons (Fsp3) is 0.364. The average molecular weight is 416 g/mol. The molecule has 0 aliphatic carbocycles. The van der Waals surface area contributed by atoms with Crippen molar-refractivity contribution in [3.8, 4) is 0 Å². The van der Waals surface area contributed by atoms with Crippen LogP contribution in [0.4, 0.5) is 10.5 Å². The van der Waals surface area contributed by atoms with Crippen LogP contribution in [0.3, 0.4) is 0 Å². The summed E-state index contributed by atoms with van der Waals surface area (Å²) in [4.78, 5) is 27.1. The number of nitrogens with one attached hydrogen (secondary N) is 2. The standard InChI is InChI=1S/C22H26ClN3O3/c1-16-7-6-10-18(23)19(16)25-20(27)22(24-2)11-13-26(14-12-22)21(28)29-15-17-8-4-3-5-9-17/h3-10,24H,11-15H2,1-2H3,(H,25,27). The summed E-state index contributed by atoms with van der Waals surface area (Å²) < 4.78 is 5.41. The van der Waals surface area contributed by atoms with Gasteiger partial charge in [-0.25, -0.2) is 4.79 Å².